The number of rotatable bonds is 2. The van der Waals surface area contributed by atoms with E-state index in [1.165, 1.54) is 0 Å². The molecule has 0 saturated carbocycles. The van der Waals surface area contributed by atoms with Crippen LogP contribution in [0.15, 0.2) is 10.9 Å². The fraction of sp³-hybridized carbons (Fsp3) is 0.286. The minimum Gasteiger partial charge on any atom is -0.326 e. The zero-order chi connectivity index (χ0) is 10.0. The summed E-state index contributed by atoms with van der Waals surface area (Å²) in [4.78, 5) is 13.0. The molecule has 6 heteroatoms. The number of aromatic nitrogens is 1. The van der Waals surface area contributed by atoms with Gasteiger partial charge in [-0.25, -0.2) is 8.78 Å². The van der Waals surface area contributed by atoms with Gasteiger partial charge in [0, 0.05) is 12.1 Å². The van der Waals surface area contributed by atoms with Gasteiger partial charge in [0.25, 0.3) is 12.0 Å². The van der Waals surface area contributed by atoms with Gasteiger partial charge in [-0.3, -0.25) is 4.79 Å². The van der Waals surface area contributed by atoms with Crippen molar-refractivity contribution in [3.05, 3.63) is 32.7 Å². The predicted octanol–water partition coefficient (Wildman–Crippen LogP) is 1.42. The molecule has 0 aromatic carbocycles. The van der Waals surface area contributed by atoms with Crippen LogP contribution in [0.5, 0.6) is 0 Å². The van der Waals surface area contributed by atoms with Crippen LogP contribution in [-0.4, -0.2) is 4.98 Å². The number of pyridine rings is 1. The minimum absolute atomic E-state index is 0.00926. The molecule has 0 radical (unpaired) electrons. The lowest BCUT2D eigenvalue weighted by Gasteiger charge is -2.03. The maximum absolute atomic E-state index is 12.2. The molecule has 3 N–H and O–H groups in total. The van der Waals surface area contributed by atoms with Gasteiger partial charge in [-0.05, 0) is 6.07 Å². The maximum Gasteiger partial charge on any atom is 0.269 e. The van der Waals surface area contributed by atoms with Crippen LogP contribution in [0.25, 0.3) is 0 Å². The third kappa shape index (κ3) is 2.05. The first-order valence-electron chi connectivity index (χ1n) is 3.46. The van der Waals surface area contributed by atoms with E-state index in [0.717, 1.165) is 6.07 Å². The number of nitrogens with one attached hydrogen (secondary N) is 1. The molecule has 0 saturated heterocycles. The molecule has 3 nitrogen and oxygen atoms in total. The van der Waals surface area contributed by atoms with Gasteiger partial charge in [-0.2, -0.15) is 0 Å². The third-order valence-corrected chi connectivity index (χ3v) is 1.89. The molecular weight excluding hydrogens is 202 g/mol. The Bertz CT molecular complexity index is 364. The van der Waals surface area contributed by atoms with Crippen molar-refractivity contribution >= 4 is 11.6 Å². The highest BCUT2D eigenvalue weighted by Crippen LogP contribution is 2.18. The number of aromatic amines is 1. The molecule has 1 aromatic heterocycles. The van der Waals surface area contributed by atoms with E-state index in [2.05, 4.69) is 4.98 Å². The van der Waals surface area contributed by atoms with Gasteiger partial charge >= 0.3 is 0 Å². The molecule has 1 rings (SSSR count). The van der Waals surface area contributed by atoms with E-state index in [1.54, 1.807) is 0 Å². The van der Waals surface area contributed by atoms with Crippen LogP contribution in [0, 0.1) is 0 Å². The lowest BCUT2D eigenvalue weighted by molar-refractivity contribution is 0.149. The molecule has 1 aromatic rings. The smallest absolute Gasteiger partial charge is 0.269 e. The fourth-order valence-electron chi connectivity index (χ4n) is 0.879. The predicted molar refractivity (Wildman–Crippen MR) is 44.9 cm³/mol. The van der Waals surface area contributed by atoms with Crippen molar-refractivity contribution in [1.29, 1.82) is 0 Å². The van der Waals surface area contributed by atoms with Crippen LogP contribution >= 0.6 is 11.6 Å². The Balaban J connectivity index is 3.31. The SMILES string of the molecule is NCc1cc(C(F)F)c(=O)[nH]c1Cl. The summed E-state index contributed by atoms with van der Waals surface area (Å²) in [6.07, 6.45) is -2.81. The molecule has 0 amide bonds. The molecule has 0 aliphatic carbocycles. The van der Waals surface area contributed by atoms with E-state index < -0.39 is 17.5 Å². The summed E-state index contributed by atoms with van der Waals surface area (Å²) < 4.78 is 24.3. The summed E-state index contributed by atoms with van der Waals surface area (Å²) in [5.74, 6) is 0. The van der Waals surface area contributed by atoms with Crippen molar-refractivity contribution in [2.45, 2.75) is 13.0 Å². The Morgan fingerprint density at radius 2 is 2.23 bits per heavy atom. The summed E-state index contributed by atoms with van der Waals surface area (Å²) in [7, 11) is 0. The van der Waals surface area contributed by atoms with Crippen LogP contribution in [0.1, 0.15) is 17.6 Å². The van der Waals surface area contributed by atoms with Crippen LogP contribution in [0.2, 0.25) is 5.15 Å². The lowest BCUT2D eigenvalue weighted by Crippen LogP contribution is -2.15. The monoisotopic (exact) mass is 208 g/mol. The average molecular weight is 209 g/mol. The number of alkyl halides is 2. The quantitative estimate of drug-likeness (QED) is 0.723. The van der Waals surface area contributed by atoms with Crippen LogP contribution in [-0.2, 0) is 6.54 Å². The van der Waals surface area contributed by atoms with E-state index in [1.807, 2.05) is 0 Å². The number of hydrogen-bond donors (Lipinski definition) is 2. The standard InChI is InChI=1S/C7H7ClF2N2O/c8-5-3(2-11)1-4(6(9)10)7(13)12-5/h1,6H,2,11H2,(H,12,13). The maximum atomic E-state index is 12.2. The van der Waals surface area contributed by atoms with Gasteiger partial charge in [-0.1, -0.05) is 11.6 Å². The molecule has 0 atom stereocenters. The molecule has 0 aliphatic heterocycles. The summed E-state index contributed by atoms with van der Waals surface area (Å²) in [6, 6.07) is 1.02. The Labute approximate surface area is 77.5 Å². The average Bonchev–Trinajstić information content (AvgIpc) is 2.03. The largest absolute Gasteiger partial charge is 0.326 e. The molecular formula is C7H7ClF2N2O. The fourth-order valence-corrected chi connectivity index (χ4v) is 1.10. The highest BCUT2D eigenvalue weighted by atomic mass is 35.5. The Morgan fingerprint density at radius 3 is 2.69 bits per heavy atom. The summed E-state index contributed by atoms with van der Waals surface area (Å²) in [6.45, 7) is 0.00926. The number of H-pyrrole nitrogens is 1. The van der Waals surface area contributed by atoms with E-state index in [-0.39, 0.29) is 11.7 Å². The summed E-state index contributed by atoms with van der Waals surface area (Å²) in [5, 5.41) is 0.0110. The highest BCUT2D eigenvalue weighted by molar-refractivity contribution is 6.30. The van der Waals surface area contributed by atoms with Crippen molar-refractivity contribution in [3.8, 4) is 0 Å². The van der Waals surface area contributed by atoms with E-state index >= 15 is 0 Å². The molecule has 0 spiro atoms. The second-order valence-electron chi connectivity index (χ2n) is 2.40. The first-order valence-corrected chi connectivity index (χ1v) is 3.84. The first kappa shape index (κ1) is 10.1. The lowest BCUT2D eigenvalue weighted by atomic mass is 10.2. The molecule has 13 heavy (non-hydrogen) atoms. The Hall–Kier alpha value is -0.940. The van der Waals surface area contributed by atoms with Gasteiger partial charge in [-0.15, -0.1) is 0 Å². The topological polar surface area (TPSA) is 58.9 Å². The van der Waals surface area contributed by atoms with Gasteiger partial charge in [0.2, 0.25) is 0 Å². The van der Waals surface area contributed by atoms with Gasteiger partial charge < -0.3 is 10.7 Å². The molecule has 0 bridgehead atoms. The molecule has 0 unspecified atom stereocenters. The van der Waals surface area contributed by atoms with E-state index in [4.69, 9.17) is 17.3 Å². The van der Waals surface area contributed by atoms with Crippen molar-refractivity contribution in [1.82, 2.24) is 4.98 Å². The van der Waals surface area contributed by atoms with Crippen molar-refractivity contribution in [3.63, 3.8) is 0 Å². The Kier molecular flexibility index (Phi) is 3.00. The van der Waals surface area contributed by atoms with Gasteiger partial charge in [0.05, 0.1) is 5.56 Å². The molecule has 72 valence electrons. The van der Waals surface area contributed by atoms with E-state index in [0.29, 0.717) is 5.56 Å². The number of halogens is 3. The zero-order valence-electron chi connectivity index (χ0n) is 6.48. The Morgan fingerprint density at radius 1 is 1.62 bits per heavy atom. The van der Waals surface area contributed by atoms with E-state index in [9.17, 15) is 13.6 Å². The third-order valence-electron chi connectivity index (χ3n) is 1.55. The van der Waals surface area contributed by atoms with Gasteiger partial charge in [0.15, 0.2) is 0 Å². The zero-order valence-corrected chi connectivity index (χ0v) is 7.24. The van der Waals surface area contributed by atoms with Crippen LogP contribution in [0.4, 0.5) is 8.78 Å². The van der Waals surface area contributed by atoms with Crippen LogP contribution < -0.4 is 11.3 Å². The first-order chi connectivity index (χ1) is 6.06. The molecule has 0 fully saturated rings. The van der Waals surface area contributed by atoms with Crippen molar-refractivity contribution in [2.24, 2.45) is 5.73 Å². The number of nitrogens with two attached hydrogens (primary N) is 1. The number of hydrogen-bond acceptors (Lipinski definition) is 2. The molecule has 1 heterocycles. The summed E-state index contributed by atoms with van der Waals surface area (Å²) >= 11 is 5.53. The van der Waals surface area contributed by atoms with Crippen molar-refractivity contribution in [2.75, 3.05) is 0 Å². The van der Waals surface area contributed by atoms with Crippen molar-refractivity contribution < 1.29 is 8.78 Å². The van der Waals surface area contributed by atoms with Gasteiger partial charge in [0.1, 0.15) is 5.15 Å². The minimum atomic E-state index is -2.81. The highest BCUT2D eigenvalue weighted by Gasteiger charge is 2.14. The second-order valence-corrected chi connectivity index (χ2v) is 2.78. The normalized spacial score (nSPS) is 10.8. The summed E-state index contributed by atoms with van der Waals surface area (Å²) in [5.41, 5.74) is 4.04. The van der Waals surface area contributed by atoms with Crippen LogP contribution in [0.3, 0.4) is 0 Å². The second kappa shape index (κ2) is 3.85. The molecule has 0 aliphatic rings.